The van der Waals surface area contributed by atoms with E-state index in [0.29, 0.717) is 12.1 Å². The molecule has 0 saturated heterocycles. The minimum absolute atomic E-state index is 0.0965. The summed E-state index contributed by atoms with van der Waals surface area (Å²) in [7, 11) is 0. The average Bonchev–Trinajstić information content (AvgIpc) is 2.25. The van der Waals surface area contributed by atoms with Gasteiger partial charge in [-0.3, -0.25) is 0 Å². The lowest BCUT2D eigenvalue weighted by molar-refractivity contribution is 0.577. The second-order valence-electron chi connectivity index (χ2n) is 3.77. The number of halogens is 5. The first-order valence-corrected chi connectivity index (χ1v) is 5.45. The highest BCUT2D eigenvalue weighted by molar-refractivity contribution is 6.22. The summed E-state index contributed by atoms with van der Waals surface area (Å²) in [6.45, 7) is 0. The van der Waals surface area contributed by atoms with Crippen molar-refractivity contribution >= 4 is 11.6 Å². The van der Waals surface area contributed by atoms with Gasteiger partial charge in [0.05, 0.1) is 5.38 Å². The fourth-order valence-electron chi connectivity index (χ4n) is 1.64. The summed E-state index contributed by atoms with van der Waals surface area (Å²) in [5.74, 6) is -3.19. The molecule has 0 aliphatic heterocycles. The Labute approximate surface area is 106 Å². The Kier molecular flexibility index (Phi) is 3.57. The number of benzene rings is 2. The number of hydrogen-bond acceptors (Lipinski definition) is 0. The molecule has 0 fully saturated rings. The first-order valence-electron chi connectivity index (χ1n) is 5.02. The maximum Gasteiger partial charge on any atom is 0.126 e. The van der Waals surface area contributed by atoms with Gasteiger partial charge in [0.15, 0.2) is 0 Å². The molecule has 0 heterocycles. The van der Waals surface area contributed by atoms with Crippen molar-refractivity contribution in [1.82, 2.24) is 0 Å². The zero-order valence-electron chi connectivity index (χ0n) is 8.93. The minimum Gasteiger partial charge on any atom is -0.207 e. The predicted octanol–water partition coefficient (Wildman–Crippen LogP) is 4.57. The van der Waals surface area contributed by atoms with Crippen LogP contribution in [0.5, 0.6) is 0 Å². The highest BCUT2D eigenvalue weighted by Crippen LogP contribution is 2.30. The van der Waals surface area contributed by atoms with Gasteiger partial charge in [-0.15, -0.1) is 11.6 Å². The summed E-state index contributed by atoms with van der Waals surface area (Å²) in [5.41, 5.74) is 0.193. The van der Waals surface area contributed by atoms with Crippen LogP contribution in [0, 0.1) is 23.3 Å². The Morgan fingerprint density at radius 3 is 1.17 bits per heavy atom. The van der Waals surface area contributed by atoms with Crippen molar-refractivity contribution in [3.8, 4) is 0 Å². The van der Waals surface area contributed by atoms with Crippen molar-refractivity contribution in [1.29, 1.82) is 0 Å². The van der Waals surface area contributed by atoms with Crippen LogP contribution in [-0.2, 0) is 0 Å². The van der Waals surface area contributed by atoms with Crippen LogP contribution in [0.3, 0.4) is 0 Å². The smallest absolute Gasteiger partial charge is 0.126 e. The van der Waals surface area contributed by atoms with E-state index in [2.05, 4.69) is 0 Å². The van der Waals surface area contributed by atoms with Gasteiger partial charge in [0.2, 0.25) is 0 Å². The molecule has 0 spiro atoms. The third kappa shape index (κ3) is 2.82. The van der Waals surface area contributed by atoms with Crippen molar-refractivity contribution in [3.63, 3.8) is 0 Å². The molecule has 0 atom stereocenters. The van der Waals surface area contributed by atoms with Crippen LogP contribution in [0.2, 0.25) is 0 Å². The molecule has 0 unspecified atom stereocenters. The molecule has 0 radical (unpaired) electrons. The largest absolute Gasteiger partial charge is 0.207 e. The zero-order chi connectivity index (χ0) is 13.3. The Morgan fingerprint density at radius 1 is 0.611 bits per heavy atom. The molecule has 2 aromatic carbocycles. The first kappa shape index (κ1) is 12.9. The number of hydrogen-bond donors (Lipinski definition) is 0. The highest BCUT2D eigenvalue weighted by atomic mass is 35.5. The standard InChI is InChI=1S/C13H7ClF4/c14-13(7-1-9(15)5-10(16)2-7)8-3-11(17)6-12(18)4-8/h1-6,13H. The van der Waals surface area contributed by atoms with Crippen LogP contribution in [0.25, 0.3) is 0 Å². The lowest BCUT2D eigenvalue weighted by Crippen LogP contribution is -1.97. The van der Waals surface area contributed by atoms with Crippen molar-refractivity contribution in [2.24, 2.45) is 0 Å². The van der Waals surface area contributed by atoms with Gasteiger partial charge in [0, 0.05) is 12.1 Å². The zero-order valence-corrected chi connectivity index (χ0v) is 9.69. The van der Waals surface area contributed by atoms with Gasteiger partial charge in [0.25, 0.3) is 0 Å². The number of alkyl halides is 1. The summed E-state index contributed by atoms with van der Waals surface area (Å²) in [6.07, 6.45) is 0. The Hall–Kier alpha value is -1.55. The lowest BCUT2D eigenvalue weighted by atomic mass is 10.0. The van der Waals surface area contributed by atoms with E-state index >= 15 is 0 Å². The van der Waals surface area contributed by atoms with Crippen LogP contribution in [-0.4, -0.2) is 0 Å². The van der Waals surface area contributed by atoms with Gasteiger partial charge in [-0.25, -0.2) is 17.6 Å². The molecular formula is C13H7ClF4. The molecule has 94 valence electrons. The second-order valence-corrected chi connectivity index (χ2v) is 4.20. The van der Waals surface area contributed by atoms with Gasteiger partial charge >= 0.3 is 0 Å². The fraction of sp³-hybridized carbons (Fsp3) is 0.0769. The van der Waals surface area contributed by atoms with Crippen molar-refractivity contribution in [2.75, 3.05) is 0 Å². The lowest BCUT2D eigenvalue weighted by Gasteiger charge is -2.11. The Balaban J connectivity index is 2.43. The van der Waals surface area contributed by atoms with E-state index in [0.717, 1.165) is 24.3 Å². The molecule has 0 aliphatic carbocycles. The van der Waals surface area contributed by atoms with Crippen molar-refractivity contribution in [2.45, 2.75) is 5.38 Å². The van der Waals surface area contributed by atoms with Gasteiger partial charge in [0.1, 0.15) is 23.3 Å². The van der Waals surface area contributed by atoms with E-state index in [1.54, 1.807) is 0 Å². The van der Waals surface area contributed by atoms with Crippen molar-refractivity contribution in [3.05, 3.63) is 70.8 Å². The Bertz CT molecular complexity index is 491. The SMILES string of the molecule is Fc1cc(F)cc(C(Cl)c2cc(F)cc(F)c2)c1. The van der Waals surface area contributed by atoms with E-state index in [-0.39, 0.29) is 11.1 Å². The summed E-state index contributed by atoms with van der Waals surface area (Å²) in [4.78, 5) is 0. The molecular weight excluding hydrogens is 268 g/mol. The maximum atomic E-state index is 13.0. The van der Waals surface area contributed by atoms with Crippen molar-refractivity contribution < 1.29 is 17.6 Å². The van der Waals surface area contributed by atoms with Crippen LogP contribution in [0.1, 0.15) is 16.5 Å². The summed E-state index contributed by atoms with van der Waals surface area (Å²) in [5, 5.41) is -1.03. The summed E-state index contributed by atoms with van der Waals surface area (Å²) >= 11 is 5.95. The van der Waals surface area contributed by atoms with Crippen LogP contribution in [0.4, 0.5) is 17.6 Å². The maximum absolute atomic E-state index is 13.0. The van der Waals surface area contributed by atoms with E-state index in [9.17, 15) is 17.6 Å². The fourth-order valence-corrected chi connectivity index (χ4v) is 1.89. The van der Waals surface area contributed by atoms with Crippen LogP contribution in [0.15, 0.2) is 36.4 Å². The molecule has 0 bridgehead atoms. The molecule has 0 amide bonds. The molecule has 0 aliphatic rings. The van der Waals surface area contributed by atoms with E-state index < -0.39 is 28.6 Å². The monoisotopic (exact) mass is 274 g/mol. The summed E-state index contributed by atoms with van der Waals surface area (Å²) < 4.78 is 52.1. The molecule has 5 heteroatoms. The predicted molar refractivity (Wildman–Crippen MR) is 60.4 cm³/mol. The van der Waals surface area contributed by atoms with Crippen LogP contribution >= 0.6 is 11.6 Å². The molecule has 0 aromatic heterocycles. The number of rotatable bonds is 2. The molecule has 0 N–H and O–H groups in total. The van der Waals surface area contributed by atoms with E-state index in [1.807, 2.05) is 0 Å². The normalized spacial score (nSPS) is 11.0. The van der Waals surface area contributed by atoms with Gasteiger partial charge < -0.3 is 0 Å². The first-order chi connectivity index (χ1) is 8.45. The average molecular weight is 275 g/mol. The third-order valence-corrected chi connectivity index (χ3v) is 2.86. The van der Waals surface area contributed by atoms with E-state index in [1.165, 1.54) is 0 Å². The summed E-state index contributed by atoms with van der Waals surface area (Å²) in [6, 6.07) is 5.46. The minimum atomic E-state index is -1.03. The molecule has 2 rings (SSSR count). The van der Waals surface area contributed by atoms with Crippen LogP contribution < -0.4 is 0 Å². The third-order valence-electron chi connectivity index (χ3n) is 2.36. The molecule has 2 aromatic rings. The topological polar surface area (TPSA) is 0 Å². The quantitative estimate of drug-likeness (QED) is 0.556. The van der Waals surface area contributed by atoms with E-state index in [4.69, 9.17) is 11.6 Å². The highest BCUT2D eigenvalue weighted by Gasteiger charge is 2.15. The second kappa shape index (κ2) is 4.98. The molecule has 0 saturated carbocycles. The van der Waals surface area contributed by atoms with Gasteiger partial charge in [-0.05, 0) is 35.4 Å². The molecule has 18 heavy (non-hydrogen) atoms. The Morgan fingerprint density at radius 2 is 0.889 bits per heavy atom. The van der Waals surface area contributed by atoms with Gasteiger partial charge in [-0.1, -0.05) is 0 Å². The molecule has 0 nitrogen and oxygen atoms in total. The van der Waals surface area contributed by atoms with Gasteiger partial charge in [-0.2, -0.15) is 0 Å².